The molecular weight excluding hydrogens is 347 g/mol. The Morgan fingerprint density at radius 2 is 2.00 bits per heavy atom. The van der Waals surface area contributed by atoms with Gasteiger partial charge in [-0.25, -0.2) is 4.39 Å². The molecule has 0 bridgehead atoms. The van der Waals surface area contributed by atoms with Crippen molar-refractivity contribution < 1.29 is 18.7 Å². The minimum absolute atomic E-state index is 0.0715. The Kier molecular flexibility index (Phi) is 6.65. The molecule has 144 valence electrons. The SMILES string of the molecule is CCCN(CCC(=O)Nc1cccc(F)c1)CC1COc2ccccc2O1. The molecule has 27 heavy (non-hydrogen) atoms. The summed E-state index contributed by atoms with van der Waals surface area (Å²) in [6, 6.07) is 13.6. The van der Waals surface area contributed by atoms with Crippen molar-refractivity contribution in [3.63, 3.8) is 0 Å². The lowest BCUT2D eigenvalue weighted by atomic mass is 10.2. The van der Waals surface area contributed by atoms with Gasteiger partial charge in [-0.15, -0.1) is 0 Å². The fourth-order valence-electron chi connectivity index (χ4n) is 3.10. The maximum Gasteiger partial charge on any atom is 0.225 e. The average Bonchev–Trinajstić information content (AvgIpc) is 2.66. The number of nitrogens with one attached hydrogen (secondary N) is 1. The van der Waals surface area contributed by atoms with Gasteiger partial charge in [-0.05, 0) is 43.3 Å². The number of carbonyl (C=O) groups excluding carboxylic acids is 1. The molecule has 5 nitrogen and oxygen atoms in total. The third kappa shape index (κ3) is 5.69. The summed E-state index contributed by atoms with van der Waals surface area (Å²) >= 11 is 0. The molecule has 0 aliphatic carbocycles. The molecule has 0 radical (unpaired) electrons. The zero-order valence-electron chi connectivity index (χ0n) is 15.5. The molecule has 0 aromatic heterocycles. The van der Waals surface area contributed by atoms with E-state index in [1.807, 2.05) is 24.3 Å². The van der Waals surface area contributed by atoms with Crippen LogP contribution in [0.1, 0.15) is 19.8 Å². The molecular formula is C21H25FN2O3. The van der Waals surface area contributed by atoms with Gasteiger partial charge in [0, 0.05) is 25.2 Å². The molecule has 2 aromatic rings. The number of hydrogen-bond donors (Lipinski definition) is 1. The first-order chi connectivity index (χ1) is 13.1. The third-order valence-electron chi connectivity index (χ3n) is 4.33. The minimum atomic E-state index is -0.366. The van der Waals surface area contributed by atoms with Gasteiger partial charge in [0.2, 0.25) is 5.91 Å². The average molecular weight is 372 g/mol. The van der Waals surface area contributed by atoms with E-state index in [9.17, 15) is 9.18 Å². The Morgan fingerprint density at radius 1 is 1.19 bits per heavy atom. The Labute approximate surface area is 159 Å². The molecule has 1 atom stereocenters. The van der Waals surface area contributed by atoms with Crippen molar-refractivity contribution in [2.24, 2.45) is 0 Å². The second kappa shape index (κ2) is 9.37. The van der Waals surface area contributed by atoms with Gasteiger partial charge in [0.25, 0.3) is 0 Å². The van der Waals surface area contributed by atoms with Gasteiger partial charge in [0.05, 0.1) is 0 Å². The van der Waals surface area contributed by atoms with E-state index in [2.05, 4.69) is 17.1 Å². The van der Waals surface area contributed by atoms with E-state index in [-0.39, 0.29) is 17.8 Å². The molecule has 2 aromatic carbocycles. The molecule has 1 aliphatic rings. The van der Waals surface area contributed by atoms with Gasteiger partial charge in [-0.3, -0.25) is 9.69 Å². The molecule has 0 fully saturated rings. The molecule has 1 aliphatic heterocycles. The second-order valence-electron chi connectivity index (χ2n) is 6.61. The van der Waals surface area contributed by atoms with Crippen molar-refractivity contribution in [2.75, 3.05) is 31.6 Å². The van der Waals surface area contributed by atoms with E-state index in [1.165, 1.54) is 12.1 Å². The second-order valence-corrected chi connectivity index (χ2v) is 6.61. The first kappa shape index (κ1) is 19.2. The van der Waals surface area contributed by atoms with Crippen molar-refractivity contribution in [1.29, 1.82) is 0 Å². The lowest BCUT2D eigenvalue weighted by Crippen LogP contribution is -2.42. The molecule has 1 amide bonds. The highest BCUT2D eigenvalue weighted by Gasteiger charge is 2.23. The van der Waals surface area contributed by atoms with E-state index >= 15 is 0 Å². The van der Waals surface area contributed by atoms with Gasteiger partial charge < -0.3 is 14.8 Å². The molecule has 0 spiro atoms. The minimum Gasteiger partial charge on any atom is -0.486 e. The molecule has 1 heterocycles. The maximum absolute atomic E-state index is 13.2. The van der Waals surface area contributed by atoms with Crippen LogP contribution in [0.2, 0.25) is 0 Å². The number of anilines is 1. The summed E-state index contributed by atoms with van der Waals surface area (Å²) < 4.78 is 25.0. The Morgan fingerprint density at radius 3 is 2.78 bits per heavy atom. The van der Waals surface area contributed by atoms with Crippen LogP contribution in [-0.4, -0.2) is 43.2 Å². The Hall–Kier alpha value is -2.60. The smallest absolute Gasteiger partial charge is 0.225 e. The number of hydrogen-bond acceptors (Lipinski definition) is 4. The monoisotopic (exact) mass is 372 g/mol. The largest absolute Gasteiger partial charge is 0.486 e. The molecule has 6 heteroatoms. The zero-order chi connectivity index (χ0) is 19.1. The predicted molar refractivity (Wildman–Crippen MR) is 103 cm³/mol. The fourth-order valence-corrected chi connectivity index (χ4v) is 3.10. The number of benzene rings is 2. The number of fused-ring (bicyclic) bond motifs is 1. The quantitative estimate of drug-likeness (QED) is 0.768. The number of ether oxygens (including phenoxy) is 2. The van der Waals surface area contributed by atoms with Crippen LogP contribution in [0.25, 0.3) is 0 Å². The molecule has 3 rings (SSSR count). The van der Waals surface area contributed by atoms with E-state index in [0.717, 1.165) is 24.5 Å². The molecule has 1 N–H and O–H groups in total. The van der Waals surface area contributed by atoms with Crippen LogP contribution < -0.4 is 14.8 Å². The van der Waals surface area contributed by atoms with Crippen LogP contribution in [0, 0.1) is 5.82 Å². The van der Waals surface area contributed by atoms with E-state index in [0.29, 0.717) is 31.8 Å². The zero-order valence-corrected chi connectivity index (χ0v) is 15.5. The lowest BCUT2D eigenvalue weighted by molar-refractivity contribution is -0.116. The highest BCUT2D eigenvalue weighted by molar-refractivity contribution is 5.90. The van der Waals surface area contributed by atoms with Gasteiger partial charge >= 0.3 is 0 Å². The van der Waals surface area contributed by atoms with Gasteiger partial charge in [0.15, 0.2) is 11.5 Å². The van der Waals surface area contributed by atoms with Crippen LogP contribution in [-0.2, 0) is 4.79 Å². The summed E-state index contributed by atoms with van der Waals surface area (Å²) in [7, 11) is 0. The Balaban J connectivity index is 1.49. The summed E-state index contributed by atoms with van der Waals surface area (Å²) in [6.07, 6.45) is 1.24. The predicted octanol–water partition coefficient (Wildman–Crippen LogP) is 3.71. The van der Waals surface area contributed by atoms with Gasteiger partial charge in [0.1, 0.15) is 18.5 Å². The number of nitrogens with zero attached hydrogens (tertiary/aromatic N) is 1. The first-order valence-electron chi connectivity index (χ1n) is 9.30. The number of carbonyl (C=O) groups is 1. The Bertz CT molecular complexity index is 769. The van der Waals surface area contributed by atoms with Crippen LogP contribution in [0.15, 0.2) is 48.5 Å². The summed E-state index contributed by atoms with van der Waals surface area (Å²) in [5.41, 5.74) is 0.475. The van der Waals surface area contributed by atoms with Crippen molar-refractivity contribution >= 4 is 11.6 Å². The number of halogens is 1. The summed E-state index contributed by atoms with van der Waals surface area (Å²) in [4.78, 5) is 14.4. The van der Waals surface area contributed by atoms with Gasteiger partial charge in [-0.1, -0.05) is 25.1 Å². The number of amides is 1. The van der Waals surface area contributed by atoms with Crippen molar-refractivity contribution in [3.05, 3.63) is 54.3 Å². The maximum atomic E-state index is 13.2. The number of para-hydroxylation sites is 2. The lowest BCUT2D eigenvalue weighted by Gasteiger charge is -2.31. The molecule has 0 saturated carbocycles. The standard InChI is InChI=1S/C21H25FN2O3/c1-2-11-24(12-10-21(25)23-17-7-5-6-16(22)13-17)14-18-15-26-19-8-3-4-9-20(19)27-18/h3-9,13,18H,2,10-12,14-15H2,1H3,(H,23,25). The van der Waals surface area contributed by atoms with Crippen molar-refractivity contribution in [2.45, 2.75) is 25.9 Å². The van der Waals surface area contributed by atoms with Crippen LogP contribution in [0.4, 0.5) is 10.1 Å². The normalized spacial score (nSPS) is 15.6. The van der Waals surface area contributed by atoms with Crippen molar-refractivity contribution in [3.8, 4) is 11.5 Å². The summed E-state index contributed by atoms with van der Waals surface area (Å²) in [6.45, 7) is 4.76. The van der Waals surface area contributed by atoms with E-state index < -0.39 is 0 Å². The van der Waals surface area contributed by atoms with Gasteiger partial charge in [-0.2, -0.15) is 0 Å². The van der Waals surface area contributed by atoms with Crippen molar-refractivity contribution in [1.82, 2.24) is 4.90 Å². The van der Waals surface area contributed by atoms with E-state index in [1.54, 1.807) is 12.1 Å². The molecule has 1 unspecified atom stereocenters. The summed E-state index contributed by atoms with van der Waals surface area (Å²) in [5.74, 6) is 1.03. The highest BCUT2D eigenvalue weighted by atomic mass is 19.1. The van der Waals surface area contributed by atoms with Crippen LogP contribution >= 0.6 is 0 Å². The summed E-state index contributed by atoms with van der Waals surface area (Å²) in [5, 5.41) is 2.74. The fraction of sp³-hybridized carbons (Fsp3) is 0.381. The first-order valence-corrected chi connectivity index (χ1v) is 9.30. The van der Waals surface area contributed by atoms with E-state index in [4.69, 9.17) is 9.47 Å². The third-order valence-corrected chi connectivity index (χ3v) is 4.33. The molecule has 0 saturated heterocycles. The topological polar surface area (TPSA) is 50.8 Å². The number of rotatable bonds is 8. The van der Waals surface area contributed by atoms with Crippen LogP contribution in [0.3, 0.4) is 0 Å². The van der Waals surface area contributed by atoms with Crippen LogP contribution in [0.5, 0.6) is 11.5 Å². The highest BCUT2D eigenvalue weighted by Crippen LogP contribution is 2.31.